The van der Waals surface area contributed by atoms with Gasteiger partial charge in [0.05, 0.1) is 9.85 Å². The molecule has 0 radical (unpaired) electrons. The molecule has 0 bridgehead atoms. The lowest BCUT2D eigenvalue weighted by atomic mass is 10.0. The number of nitro benzene ring substituents is 2. The number of non-ortho nitro benzene ring substituents is 2. The van der Waals surface area contributed by atoms with Gasteiger partial charge in [0.2, 0.25) is 0 Å². The number of rotatable bonds is 6. The van der Waals surface area contributed by atoms with Crippen molar-refractivity contribution in [2.24, 2.45) is 0 Å². The molecule has 0 amide bonds. The standard InChI is InChI=1S/C24H12Br4N2O5/c25-13-1-5-17(21(27)9-13)19-11-15(29(31)32)3-7-23(19)35-24-8-4-16(30(33)34)12-20(24)18-6-2-14(26)10-22(18)28/h1-12H. The van der Waals surface area contributed by atoms with E-state index < -0.39 is 9.85 Å². The minimum Gasteiger partial charge on any atom is -0.456 e. The summed E-state index contributed by atoms with van der Waals surface area (Å²) in [6.07, 6.45) is 0. The predicted octanol–water partition coefficient (Wildman–Crippen LogP) is 9.68. The third-order valence-electron chi connectivity index (χ3n) is 5.01. The maximum absolute atomic E-state index is 11.5. The summed E-state index contributed by atoms with van der Waals surface area (Å²) >= 11 is 13.9. The summed E-state index contributed by atoms with van der Waals surface area (Å²) in [5, 5.41) is 22.9. The Morgan fingerprint density at radius 2 is 0.943 bits per heavy atom. The summed E-state index contributed by atoms with van der Waals surface area (Å²) in [4.78, 5) is 22.0. The second-order valence-electron chi connectivity index (χ2n) is 7.23. The zero-order valence-electron chi connectivity index (χ0n) is 17.4. The van der Waals surface area contributed by atoms with Gasteiger partial charge in [0.15, 0.2) is 0 Å². The smallest absolute Gasteiger partial charge is 0.270 e. The Labute approximate surface area is 232 Å². The summed E-state index contributed by atoms with van der Waals surface area (Å²) < 4.78 is 9.35. The molecule has 4 aromatic rings. The Bertz CT molecular complexity index is 1380. The number of benzene rings is 4. The molecule has 35 heavy (non-hydrogen) atoms. The molecule has 0 heterocycles. The second-order valence-corrected chi connectivity index (χ2v) is 10.8. The van der Waals surface area contributed by atoms with Gasteiger partial charge in [-0.15, -0.1) is 0 Å². The lowest BCUT2D eigenvalue weighted by molar-refractivity contribution is -0.385. The van der Waals surface area contributed by atoms with Crippen molar-refractivity contribution in [2.45, 2.75) is 0 Å². The van der Waals surface area contributed by atoms with Gasteiger partial charge < -0.3 is 4.74 Å². The van der Waals surface area contributed by atoms with E-state index in [2.05, 4.69) is 63.7 Å². The number of halogens is 4. The largest absolute Gasteiger partial charge is 0.456 e. The van der Waals surface area contributed by atoms with Gasteiger partial charge >= 0.3 is 0 Å². The first-order valence-electron chi connectivity index (χ1n) is 9.79. The normalized spacial score (nSPS) is 10.7. The highest BCUT2D eigenvalue weighted by Crippen LogP contribution is 2.44. The van der Waals surface area contributed by atoms with Crippen LogP contribution < -0.4 is 4.74 Å². The molecule has 0 fully saturated rings. The molecule has 0 spiro atoms. The average Bonchev–Trinajstić information content (AvgIpc) is 2.80. The van der Waals surface area contributed by atoms with E-state index in [1.807, 2.05) is 36.4 Å². The minimum atomic E-state index is -0.476. The van der Waals surface area contributed by atoms with Crippen LogP contribution in [-0.2, 0) is 0 Å². The summed E-state index contributed by atoms with van der Waals surface area (Å²) in [7, 11) is 0. The Kier molecular flexibility index (Phi) is 7.70. The van der Waals surface area contributed by atoms with E-state index in [9.17, 15) is 20.2 Å². The van der Waals surface area contributed by atoms with E-state index in [-0.39, 0.29) is 11.4 Å². The first-order valence-corrected chi connectivity index (χ1v) is 13.0. The number of nitrogens with zero attached hydrogens (tertiary/aromatic N) is 2. The third kappa shape index (κ3) is 5.64. The van der Waals surface area contributed by atoms with E-state index in [0.717, 1.165) is 8.95 Å². The van der Waals surface area contributed by atoms with E-state index in [0.29, 0.717) is 42.7 Å². The monoisotopic (exact) mass is 724 g/mol. The molecular formula is C24H12Br4N2O5. The van der Waals surface area contributed by atoms with Crippen molar-refractivity contribution in [1.29, 1.82) is 0 Å². The molecule has 0 saturated heterocycles. The van der Waals surface area contributed by atoms with Gasteiger partial charge in [-0.1, -0.05) is 75.9 Å². The highest BCUT2D eigenvalue weighted by molar-refractivity contribution is 9.11. The van der Waals surface area contributed by atoms with Gasteiger partial charge in [-0.25, -0.2) is 0 Å². The SMILES string of the molecule is O=[N+]([O-])c1ccc(Oc2ccc([N+](=O)[O-])cc2-c2ccc(Br)cc2Br)c(-c2ccc(Br)cc2Br)c1. The minimum absolute atomic E-state index is 0.0956. The summed E-state index contributed by atoms with van der Waals surface area (Å²) in [6.45, 7) is 0. The van der Waals surface area contributed by atoms with Crippen molar-refractivity contribution < 1.29 is 14.6 Å². The van der Waals surface area contributed by atoms with Crippen molar-refractivity contribution in [2.75, 3.05) is 0 Å². The molecule has 0 N–H and O–H groups in total. The molecule has 0 saturated carbocycles. The zero-order chi connectivity index (χ0) is 25.3. The Morgan fingerprint density at radius 1 is 0.543 bits per heavy atom. The fraction of sp³-hybridized carbons (Fsp3) is 0. The molecule has 0 unspecified atom stereocenters. The molecular weight excluding hydrogens is 716 g/mol. The molecule has 0 aromatic heterocycles. The lowest BCUT2D eigenvalue weighted by Gasteiger charge is -2.16. The Balaban J connectivity index is 1.90. The fourth-order valence-electron chi connectivity index (χ4n) is 3.40. The number of hydrogen-bond donors (Lipinski definition) is 0. The van der Waals surface area contributed by atoms with Crippen LogP contribution in [0.4, 0.5) is 11.4 Å². The predicted molar refractivity (Wildman–Crippen MR) is 148 cm³/mol. The van der Waals surface area contributed by atoms with Crippen LogP contribution >= 0.6 is 63.7 Å². The van der Waals surface area contributed by atoms with E-state index in [1.165, 1.54) is 36.4 Å². The van der Waals surface area contributed by atoms with Crippen molar-refractivity contribution in [3.63, 3.8) is 0 Å². The molecule has 7 nitrogen and oxygen atoms in total. The quantitative estimate of drug-likeness (QED) is 0.146. The van der Waals surface area contributed by atoms with Gasteiger partial charge in [-0.2, -0.15) is 0 Å². The van der Waals surface area contributed by atoms with Crippen LogP contribution in [0.15, 0.2) is 90.7 Å². The maximum atomic E-state index is 11.5. The summed E-state index contributed by atoms with van der Waals surface area (Å²) in [5.74, 6) is 0.698. The molecule has 0 atom stereocenters. The van der Waals surface area contributed by atoms with Crippen LogP contribution in [0.1, 0.15) is 0 Å². The van der Waals surface area contributed by atoms with Crippen molar-refractivity contribution in [3.05, 3.63) is 111 Å². The van der Waals surface area contributed by atoms with Gasteiger partial charge in [0.1, 0.15) is 11.5 Å². The number of ether oxygens (including phenoxy) is 1. The van der Waals surface area contributed by atoms with Crippen LogP contribution in [0.25, 0.3) is 22.3 Å². The van der Waals surface area contributed by atoms with Gasteiger partial charge in [0, 0.05) is 53.3 Å². The molecule has 11 heteroatoms. The Morgan fingerprint density at radius 3 is 1.29 bits per heavy atom. The molecule has 0 aliphatic carbocycles. The highest BCUT2D eigenvalue weighted by atomic mass is 79.9. The topological polar surface area (TPSA) is 95.5 Å². The summed E-state index contributed by atoms with van der Waals surface area (Å²) in [6, 6.07) is 19.5. The van der Waals surface area contributed by atoms with Crippen molar-refractivity contribution in [3.8, 4) is 33.8 Å². The van der Waals surface area contributed by atoms with Gasteiger partial charge in [-0.3, -0.25) is 20.2 Å². The van der Waals surface area contributed by atoms with Crippen LogP contribution in [0, 0.1) is 20.2 Å². The third-order valence-corrected chi connectivity index (χ3v) is 7.31. The van der Waals surface area contributed by atoms with E-state index in [1.54, 1.807) is 0 Å². The first kappa shape index (κ1) is 25.5. The summed E-state index contributed by atoms with van der Waals surface area (Å²) in [5.41, 5.74) is 2.14. The van der Waals surface area contributed by atoms with Crippen LogP contribution in [0.3, 0.4) is 0 Å². The van der Waals surface area contributed by atoms with E-state index >= 15 is 0 Å². The lowest BCUT2D eigenvalue weighted by Crippen LogP contribution is -1.96. The van der Waals surface area contributed by atoms with Crippen LogP contribution in [-0.4, -0.2) is 9.85 Å². The molecule has 0 aliphatic heterocycles. The van der Waals surface area contributed by atoms with Gasteiger partial charge in [-0.05, 0) is 47.5 Å². The maximum Gasteiger partial charge on any atom is 0.270 e. The van der Waals surface area contributed by atoms with Gasteiger partial charge in [0.25, 0.3) is 11.4 Å². The van der Waals surface area contributed by atoms with Crippen molar-refractivity contribution in [1.82, 2.24) is 0 Å². The highest BCUT2D eigenvalue weighted by Gasteiger charge is 2.20. The Hall–Kier alpha value is -2.60. The van der Waals surface area contributed by atoms with Crippen LogP contribution in [0.5, 0.6) is 11.5 Å². The van der Waals surface area contributed by atoms with Crippen molar-refractivity contribution >= 4 is 75.1 Å². The first-order chi connectivity index (χ1) is 16.6. The van der Waals surface area contributed by atoms with E-state index in [4.69, 9.17) is 4.74 Å². The van der Waals surface area contributed by atoms with Crippen LogP contribution in [0.2, 0.25) is 0 Å². The number of hydrogen-bond acceptors (Lipinski definition) is 5. The zero-order valence-corrected chi connectivity index (χ0v) is 23.7. The molecule has 176 valence electrons. The average molecular weight is 728 g/mol. The fourth-order valence-corrected chi connectivity index (χ4v) is 5.92. The molecule has 4 aromatic carbocycles. The molecule has 4 rings (SSSR count). The second kappa shape index (κ2) is 10.6. The molecule has 0 aliphatic rings. The number of nitro groups is 2.